The minimum atomic E-state index is -0.413. The van der Waals surface area contributed by atoms with Crippen LogP contribution in [0.1, 0.15) is 18.4 Å². The van der Waals surface area contributed by atoms with E-state index in [1.165, 1.54) is 0 Å². The van der Waals surface area contributed by atoms with Crippen LogP contribution in [0.4, 0.5) is 5.69 Å². The summed E-state index contributed by atoms with van der Waals surface area (Å²) in [5.74, 6) is 0.0555. The van der Waals surface area contributed by atoms with E-state index in [4.69, 9.17) is 0 Å². The minimum absolute atomic E-state index is 0.0415. The van der Waals surface area contributed by atoms with Gasteiger partial charge in [0.05, 0.1) is 11.1 Å². The Bertz CT molecular complexity index is 603. The van der Waals surface area contributed by atoms with Crippen LogP contribution in [0.5, 0.6) is 5.75 Å². The van der Waals surface area contributed by atoms with Crippen LogP contribution < -0.4 is 5.32 Å². The molecular weight excluding hydrogens is 238 g/mol. The zero-order chi connectivity index (χ0) is 13.3. The molecule has 2 aromatic carbocycles. The quantitative estimate of drug-likeness (QED) is 0.826. The van der Waals surface area contributed by atoms with Crippen LogP contribution in [0.2, 0.25) is 0 Å². The Labute approximate surface area is 111 Å². The summed E-state index contributed by atoms with van der Waals surface area (Å²) in [6.07, 6.45) is 1.72. The Kier molecular flexibility index (Phi) is 2.75. The third-order valence-corrected chi connectivity index (χ3v) is 3.66. The number of carbonyl (C=O) groups excluding carboxylic acids is 1. The van der Waals surface area contributed by atoms with Crippen molar-refractivity contribution in [3.05, 3.63) is 60.2 Å². The van der Waals surface area contributed by atoms with Gasteiger partial charge in [0.25, 0.3) is 0 Å². The fourth-order valence-corrected chi connectivity index (χ4v) is 2.35. The van der Waals surface area contributed by atoms with Crippen LogP contribution in [0.3, 0.4) is 0 Å². The Balaban J connectivity index is 1.84. The number of benzene rings is 2. The average Bonchev–Trinajstić information content (AvgIpc) is 3.24. The van der Waals surface area contributed by atoms with Gasteiger partial charge in [-0.2, -0.15) is 0 Å². The molecule has 0 heterocycles. The second-order valence-electron chi connectivity index (χ2n) is 4.92. The summed E-state index contributed by atoms with van der Waals surface area (Å²) in [6, 6.07) is 16.6. The van der Waals surface area contributed by atoms with Crippen molar-refractivity contribution in [1.82, 2.24) is 0 Å². The van der Waals surface area contributed by atoms with Crippen molar-refractivity contribution in [2.75, 3.05) is 5.32 Å². The van der Waals surface area contributed by atoms with Crippen molar-refractivity contribution in [1.29, 1.82) is 0 Å². The van der Waals surface area contributed by atoms with Gasteiger partial charge in [-0.05, 0) is 30.5 Å². The number of hydrogen-bond donors (Lipinski definition) is 2. The van der Waals surface area contributed by atoms with E-state index in [0.717, 1.165) is 18.4 Å². The highest BCUT2D eigenvalue weighted by Crippen LogP contribution is 2.49. The zero-order valence-corrected chi connectivity index (χ0v) is 10.5. The van der Waals surface area contributed by atoms with E-state index in [0.29, 0.717) is 5.69 Å². The molecule has 1 amide bonds. The lowest BCUT2D eigenvalue weighted by molar-refractivity contribution is -0.118. The van der Waals surface area contributed by atoms with Gasteiger partial charge in [-0.1, -0.05) is 42.5 Å². The molecule has 1 aliphatic rings. The van der Waals surface area contributed by atoms with Crippen molar-refractivity contribution in [3.8, 4) is 5.75 Å². The van der Waals surface area contributed by atoms with E-state index in [1.54, 1.807) is 24.3 Å². The predicted octanol–water partition coefficient (Wildman–Crippen LogP) is 3.06. The second-order valence-corrected chi connectivity index (χ2v) is 4.92. The lowest BCUT2D eigenvalue weighted by Gasteiger charge is -2.16. The molecule has 0 atom stereocenters. The molecule has 3 nitrogen and oxygen atoms in total. The molecule has 0 aliphatic heterocycles. The molecule has 0 aromatic heterocycles. The molecule has 96 valence electrons. The van der Waals surface area contributed by atoms with E-state index in [2.05, 4.69) is 5.32 Å². The molecule has 1 saturated carbocycles. The first-order valence-electron chi connectivity index (χ1n) is 6.37. The molecule has 19 heavy (non-hydrogen) atoms. The van der Waals surface area contributed by atoms with Gasteiger partial charge in [0.15, 0.2) is 0 Å². The van der Waals surface area contributed by atoms with Crippen molar-refractivity contribution in [2.45, 2.75) is 18.3 Å². The lowest BCUT2D eigenvalue weighted by Crippen LogP contribution is -2.27. The summed E-state index contributed by atoms with van der Waals surface area (Å²) in [5.41, 5.74) is 1.10. The summed E-state index contributed by atoms with van der Waals surface area (Å²) in [5, 5.41) is 12.5. The summed E-state index contributed by atoms with van der Waals surface area (Å²) in [6.45, 7) is 0. The van der Waals surface area contributed by atoms with Gasteiger partial charge in [-0.25, -0.2) is 0 Å². The first kappa shape index (κ1) is 11.8. The topological polar surface area (TPSA) is 49.3 Å². The zero-order valence-electron chi connectivity index (χ0n) is 10.5. The van der Waals surface area contributed by atoms with Crippen LogP contribution in [-0.2, 0) is 10.2 Å². The van der Waals surface area contributed by atoms with Crippen LogP contribution in [0, 0.1) is 0 Å². The van der Waals surface area contributed by atoms with E-state index >= 15 is 0 Å². The molecule has 0 unspecified atom stereocenters. The van der Waals surface area contributed by atoms with Crippen molar-refractivity contribution >= 4 is 11.6 Å². The highest BCUT2D eigenvalue weighted by molar-refractivity contribution is 6.02. The number of carbonyl (C=O) groups is 1. The number of nitrogens with one attached hydrogen (secondary N) is 1. The van der Waals surface area contributed by atoms with Crippen LogP contribution >= 0.6 is 0 Å². The minimum Gasteiger partial charge on any atom is -0.506 e. The summed E-state index contributed by atoms with van der Waals surface area (Å²) in [7, 11) is 0. The molecule has 2 N–H and O–H groups in total. The van der Waals surface area contributed by atoms with E-state index in [9.17, 15) is 9.90 Å². The Hall–Kier alpha value is -2.29. The molecule has 0 saturated heterocycles. The molecule has 1 aliphatic carbocycles. The van der Waals surface area contributed by atoms with Gasteiger partial charge in [-0.3, -0.25) is 4.79 Å². The number of amides is 1. The molecule has 1 fully saturated rings. The maximum absolute atomic E-state index is 12.4. The van der Waals surface area contributed by atoms with Crippen LogP contribution in [0.25, 0.3) is 0 Å². The third-order valence-electron chi connectivity index (χ3n) is 3.66. The molecule has 3 heteroatoms. The van der Waals surface area contributed by atoms with Crippen molar-refractivity contribution < 1.29 is 9.90 Å². The number of phenolic OH excluding ortho intramolecular Hbond substituents is 1. The third kappa shape index (κ3) is 2.08. The summed E-state index contributed by atoms with van der Waals surface area (Å²) >= 11 is 0. The van der Waals surface area contributed by atoms with Crippen LogP contribution in [0.15, 0.2) is 54.6 Å². The predicted molar refractivity (Wildman–Crippen MR) is 74.1 cm³/mol. The SMILES string of the molecule is O=C(Nc1ccccc1O)C1(c2ccccc2)CC1. The Morgan fingerprint density at radius 2 is 1.63 bits per heavy atom. The number of anilines is 1. The molecular formula is C16H15NO2. The highest BCUT2D eigenvalue weighted by atomic mass is 16.3. The van der Waals surface area contributed by atoms with E-state index in [-0.39, 0.29) is 11.7 Å². The smallest absolute Gasteiger partial charge is 0.235 e. The van der Waals surface area contributed by atoms with Gasteiger partial charge in [0.1, 0.15) is 5.75 Å². The monoisotopic (exact) mass is 253 g/mol. The molecule has 0 radical (unpaired) electrons. The maximum Gasteiger partial charge on any atom is 0.235 e. The standard InChI is InChI=1S/C16H15NO2/c18-14-9-5-4-8-13(14)17-15(19)16(10-11-16)12-6-2-1-3-7-12/h1-9,18H,10-11H2,(H,17,19). The Morgan fingerprint density at radius 1 is 1.00 bits per heavy atom. The molecule has 3 rings (SSSR count). The first-order valence-corrected chi connectivity index (χ1v) is 6.37. The van der Waals surface area contributed by atoms with Gasteiger partial charge < -0.3 is 10.4 Å². The van der Waals surface area contributed by atoms with E-state index in [1.807, 2.05) is 30.3 Å². The molecule has 2 aromatic rings. The van der Waals surface area contributed by atoms with Crippen molar-refractivity contribution in [2.24, 2.45) is 0 Å². The van der Waals surface area contributed by atoms with Gasteiger partial charge in [-0.15, -0.1) is 0 Å². The Morgan fingerprint density at radius 3 is 2.26 bits per heavy atom. The number of para-hydroxylation sites is 2. The van der Waals surface area contributed by atoms with Gasteiger partial charge in [0, 0.05) is 0 Å². The van der Waals surface area contributed by atoms with Gasteiger partial charge in [0.2, 0.25) is 5.91 Å². The summed E-state index contributed by atoms with van der Waals surface area (Å²) < 4.78 is 0. The highest BCUT2D eigenvalue weighted by Gasteiger charge is 2.51. The number of hydrogen-bond acceptors (Lipinski definition) is 2. The number of rotatable bonds is 3. The largest absolute Gasteiger partial charge is 0.506 e. The lowest BCUT2D eigenvalue weighted by atomic mass is 9.95. The normalized spacial score (nSPS) is 15.8. The average molecular weight is 253 g/mol. The fraction of sp³-hybridized carbons (Fsp3) is 0.188. The first-order chi connectivity index (χ1) is 9.22. The number of aromatic hydroxyl groups is 1. The molecule has 0 bridgehead atoms. The van der Waals surface area contributed by atoms with Gasteiger partial charge >= 0.3 is 0 Å². The fourth-order valence-electron chi connectivity index (χ4n) is 2.35. The second kappa shape index (κ2) is 4.43. The maximum atomic E-state index is 12.4. The van der Waals surface area contributed by atoms with Crippen LogP contribution in [-0.4, -0.2) is 11.0 Å². The molecule has 0 spiro atoms. The van der Waals surface area contributed by atoms with Crippen molar-refractivity contribution in [3.63, 3.8) is 0 Å². The summed E-state index contributed by atoms with van der Waals surface area (Å²) in [4.78, 5) is 12.4. The number of phenols is 1. The van der Waals surface area contributed by atoms with E-state index < -0.39 is 5.41 Å².